The van der Waals surface area contributed by atoms with E-state index in [1.807, 2.05) is 12.1 Å². The smallest absolute Gasteiger partial charge is 0.106 e. The van der Waals surface area contributed by atoms with Crippen molar-refractivity contribution < 1.29 is 0 Å². The Bertz CT molecular complexity index is 594. The summed E-state index contributed by atoms with van der Waals surface area (Å²) in [5, 5.41) is 6.26. The molecule has 1 atom stereocenters. The number of thiocarbonyl (C=S) groups is 1. The van der Waals surface area contributed by atoms with Gasteiger partial charge in [0.25, 0.3) is 0 Å². The largest absolute Gasteiger partial charge is 0.389 e. The van der Waals surface area contributed by atoms with E-state index in [1.165, 1.54) is 4.88 Å². The molecule has 0 bridgehead atoms. The van der Waals surface area contributed by atoms with Crippen molar-refractivity contribution in [3.63, 3.8) is 0 Å². The standard InChI is InChI=1S/C15H17ClN2S2/c1-9(2)14(13-4-3-7-20-13)18-12-6-5-10(16)8-11(12)15(17)19/h3-9,14,18H,1-2H3,(H2,17,19). The molecular weight excluding hydrogens is 308 g/mol. The first-order chi connectivity index (χ1) is 9.49. The summed E-state index contributed by atoms with van der Waals surface area (Å²) in [6.45, 7) is 4.38. The predicted molar refractivity (Wildman–Crippen MR) is 92.9 cm³/mol. The quantitative estimate of drug-likeness (QED) is 0.772. The summed E-state index contributed by atoms with van der Waals surface area (Å²) in [6, 6.07) is 10.0. The molecule has 1 aromatic carbocycles. The van der Waals surface area contributed by atoms with Crippen LogP contribution in [0.25, 0.3) is 0 Å². The van der Waals surface area contributed by atoms with Crippen LogP contribution >= 0.6 is 35.2 Å². The maximum absolute atomic E-state index is 6.02. The molecule has 0 aliphatic rings. The number of nitrogens with two attached hydrogens (primary N) is 1. The first-order valence-corrected chi connectivity index (χ1v) is 8.05. The fraction of sp³-hybridized carbons (Fsp3) is 0.267. The highest BCUT2D eigenvalue weighted by atomic mass is 35.5. The first kappa shape index (κ1) is 15.3. The second kappa shape index (κ2) is 6.57. The highest BCUT2D eigenvalue weighted by molar-refractivity contribution is 7.80. The number of halogens is 1. The fourth-order valence-electron chi connectivity index (χ4n) is 2.05. The molecule has 2 aromatic rings. The normalized spacial score (nSPS) is 12.4. The summed E-state index contributed by atoms with van der Waals surface area (Å²) in [7, 11) is 0. The van der Waals surface area contributed by atoms with Crippen LogP contribution in [0.5, 0.6) is 0 Å². The molecule has 3 N–H and O–H groups in total. The summed E-state index contributed by atoms with van der Waals surface area (Å²) >= 11 is 12.9. The van der Waals surface area contributed by atoms with Crippen LogP contribution in [0, 0.1) is 5.92 Å². The van der Waals surface area contributed by atoms with Crippen LogP contribution in [0.2, 0.25) is 5.02 Å². The van der Waals surface area contributed by atoms with Gasteiger partial charge in [-0.2, -0.15) is 0 Å². The van der Waals surface area contributed by atoms with Gasteiger partial charge in [-0.3, -0.25) is 0 Å². The molecule has 0 fully saturated rings. The maximum atomic E-state index is 6.02. The third-order valence-electron chi connectivity index (χ3n) is 3.07. The molecule has 20 heavy (non-hydrogen) atoms. The Kier molecular flexibility index (Phi) is 5.02. The van der Waals surface area contributed by atoms with E-state index in [0.717, 1.165) is 11.3 Å². The number of thiophene rings is 1. The Balaban J connectivity index is 2.34. The van der Waals surface area contributed by atoms with Gasteiger partial charge in [0.2, 0.25) is 0 Å². The van der Waals surface area contributed by atoms with Crippen molar-refractivity contribution in [3.05, 3.63) is 51.2 Å². The van der Waals surface area contributed by atoms with Crippen molar-refractivity contribution in [2.75, 3.05) is 5.32 Å². The van der Waals surface area contributed by atoms with Crippen molar-refractivity contribution in [3.8, 4) is 0 Å². The van der Waals surface area contributed by atoms with Gasteiger partial charge in [-0.05, 0) is 35.6 Å². The summed E-state index contributed by atoms with van der Waals surface area (Å²) in [4.78, 5) is 1.65. The molecule has 0 aliphatic heterocycles. The average Bonchev–Trinajstić information content (AvgIpc) is 2.90. The lowest BCUT2D eigenvalue weighted by molar-refractivity contribution is 0.554. The number of anilines is 1. The van der Waals surface area contributed by atoms with Gasteiger partial charge in [-0.1, -0.05) is 43.7 Å². The molecule has 2 nitrogen and oxygen atoms in total. The van der Waals surface area contributed by atoms with E-state index >= 15 is 0 Å². The number of hydrogen-bond donors (Lipinski definition) is 2. The zero-order valence-corrected chi connectivity index (χ0v) is 13.8. The fourth-order valence-corrected chi connectivity index (χ4v) is 3.34. The van der Waals surface area contributed by atoms with Crippen molar-refractivity contribution in [2.24, 2.45) is 11.7 Å². The Labute approximate surface area is 134 Å². The van der Waals surface area contributed by atoms with Crippen LogP contribution in [0.15, 0.2) is 35.7 Å². The van der Waals surface area contributed by atoms with Crippen LogP contribution in [0.3, 0.4) is 0 Å². The second-order valence-electron chi connectivity index (χ2n) is 4.94. The topological polar surface area (TPSA) is 38.0 Å². The third kappa shape index (κ3) is 3.51. The molecule has 0 radical (unpaired) electrons. The zero-order chi connectivity index (χ0) is 14.7. The minimum absolute atomic E-state index is 0.226. The molecule has 1 unspecified atom stereocenters. The Morgan fingerprint density at radius 3 is 2.65 bits per heavy atom. The lowest BCUT2D eigenvalue weighted by atomic mass is 10.0. The van der Waals surface area contributed by atoms with Crippen molar-refractivity contribution in [1.29, 1.82) is 0 Å². The van der Waals surface area contributed by atoms with E-state index in [9.17, 15) is 0 Å². The summed E-state index contributed by atoms with van der Waals surface area (Å²) in [5.41, 5.74) is 7.50. The molecule has 106 valence electrons. The summed E-state index contributed by atoms with van der Waals surface area (Å²) in [5.74, 6) is 0.448. The van der Waals surface area contributed by atoms with E-state index in [-0.39, 0.29) is 6.04 Å². The minimum Gasteiger partial charge on any atom is -0.389 e. The van der Waals surface area contributed by atoms with Gasteiger partial charge in [0.05, 0.1) is 6.04 Å². The molecule has 2 rings (SSSR count). The van der Waals surface area contributed by atoms with E-state index < -0.39 is 0 Å². The first-order valence-electron chi connectivity index (χ1n) is 6.38. The van der Waals surface area contributed by atoms with E-state index in [4.69, 9.17) is 29.6 Å². The van der Waals surface area contributed by atoms with Crippen molar-refractivity contribution in [2.45, 2.75) is 19.9 Å². The average molecular weight is 325 g/mol. The molecule has 0 aliphatic carbocycles. The predicted octanol–water partition coefficient (Wildman–Crippen LogP) is 4.84. The highest BCUT2D eigenvalue weighted by Gasteiger charge is 2.18. The number of hydrogen-bond acceptors (Lipinski definition) is 3. The SMILES string of the molecule is CC(C)C(Nc1ccc(Cl)cc1C(N)=S)c1cccs1. The molecule has 1 heterocycles. The van der Waals surface area contributed by atoms with Crippen LogP contribution < -0.4 is 11.1 Å². The highest BCUT2D eigenvalue weighted by Crippen LogP contribution is 2.31. The monoisotopic (exact) mass is 324 g/mol. The van der Waals surface area contributed by atoms with Crippen molar-refractivity contribution >= 4 is 45.8 Å². The van der Waals surface area contributed by atoms with E-state index in [1.54, 1.807) is 17.4 Å². The zero-order valence-electron chi connectivity index (χ0n) is 11.4. The maximum Gasteiger partial charge on any atom is 0.106 e. The van der Waals surface area contributed by atoms with E-state index in [0.29, 0.717) is 15.9 Å². The van der Waals surface area contributed by atoms with Crippen molar-refractivity contribution in [1.82, 2.24) is 0 Å². The van der Waals surface area contributed by atoms with E-state index in [2.05, 4.69) is 36.7 Å². The summed E-state index contributed by atoms with van der Waals surface area (Å²) < 4.78 is 0. The molecule has 0 spiro atoms. The van der Waals surface area contributed by atoms with Gasteiger partial charge in [-0.15, -0.1) is 11.3 Å². The van der Waals surface area contributed by atoms with Gasteiger partial charge in [0.1, 0.15) is 4.99 Å². The molecule has 0 saturated heterocycles. The Morgan fingerprint density at radius 2 is 2.10 bits per heavy atom. The third-order valence-corrected chi connectivity index (χ3v) is 4.48. The molecular formula is C15H17ClN2S2. The lowest BCUT2D eigenvalue weighted by Crippen LogP contribution is -2.19. The Morgan fingerprint density at radius 1 is 1.35 bits per heavy atom. The number of rotatable bonds is 5. The van der Waals surface area contributed by atoms with Gasteiger partial charge >= 0.3 is 0 Å². The van der Waals surface area contributed by atoms with Crippen LogP contribution in [0.1, 0.15) is 30.3 Å². The summed E-state index contributed by atoms with van der Waals surface area (Å²) in [6.07, 6.45) is 0. The minimum atomic E-state index is 0.226. The van der Waals surface area contributed by atoms with Gasteiger partial charge in [0, 0.05) is 21.2 Å². The number of benzene rings is 1. The Hall–Kier alpha value is -1.10. The van der Waals surface area contributed by atoms with Gasteiger partial charge in [-0.25, -0.2) is 0 Å². The number of nitrogens with one attached hydrogen (secondary N) is 1. The molecule has 1 aromatic heterocycles. The van der Waals surface area contributed by atoms with Gasteiger partial charge < -0.3 is 11.1 Å². The van der Waals surface area contributed by atoms with Crippen LogP contribution in [-0.4, -0.2) is 4.99 Å². The van der Waals surface area contributed by atoms with Crippen LogP contribution in [-0.2, 0) is 0 Å². The molecule has 0 saturated carbocycles. The van der Waals surface area contributed by atoms with Crippen LogP contribution in [0.4, 0.5) is 5.69 Å². The lowest BCUT2D eigenvalue weighted by Gasteiger charge is -2.24. The molecule has 5 heteroatoms. The van der Waals surface area contributed by atoms with Gasteiger partial charge in [0.15, 0.2) is 0 Å². The molecule has 0 amide bonds. The second-order valence-corrected chi connectivity index (χ2v) is 6.79.